The van der Waals surface area contributed by atoms with Crippen LogP contribution in [0.4, 0.5) is 0 Å². The van der Waals surface area contributed by atoms with E-state index in [-0.39, 0.29) is 0 Å². The molecule has 3 heterocycles. The second-order valence-corrected chi connectivity index (χ2v) is 6.93. The monoisotopic (exact) mass is 383 g/mol. The molecule has 1 fully saturated rings. The highest BCUT2D eigenvalue weighted by atomic mass is 35.5. The van der Waals surface area contributed by atoms with Crippen molar-refractivity contribution in [3.05, 3.63) is 71.9 Å². The molecule has 2 aliphatic rings. The van der Waals surface area contributed by atoms with Crippen molar-refractivity contribution < 1.29 is 4.66 Å². The molecule has 2 atom stereocenters. The van der Waals surface area contributed by atoms with Gasteiger partial charge in [0.15, 0.2) is 0 Å². The predicted octanol–water partition coefficient (Wildman–Crippen LogP) is 2.61. The van der Waals surface area contributed by atoms with Crippen molar-refractivity contribution >= 4 is 11.9 Å². The number of aromatic nitrogens is 3. The molecule has 0 bridgehead atoms. The van der Waals surface area contributed by atoms with Gasteiger partial charge in [0, 0.05) is 37.8 Å². The fourth-order valence-corrected chi connectivity index (χ4v) is 4.08. The van der Waals surface area contributed by atoms with E-state index in [0.29, 0.717) is 12.1 Å². The lowest BCUT2D eigenvalue weighted by Gasteiger charge is -2.27. The minimum Gasteiger partial charge on any atom is -0.305 e. The van der Waals surface area contributed by atoms with Crippen molar-refractivity contribution in [3.63, 3.8) is 0 Å². The summed E-state index contributed by atoms with van der Waals surface area (Å²) in [6.45, 7) is 3.89. The summed E-state index contributed by atoms with van der Waals surface area (Å²) in [5.74, 6) is 0. The molecule has 2 aliphatic heterocycles. The summed E-state index contributed by atoms with van der Waals surface area (Å²) in [5, 5.41) is 12.7. The van der Waals surface area contributed by atoms with Gasteiger partial charge in [-0.3, -0.25) is 9.56 Å². The molecule has 0 amide bonds. The third-order valence-corrected chi connectivity index (χ3v) is 5.30. The second kappa shape index (κ2) is 8.19. The Morgan fingerprint density at radius 3 is 2.44 bits per heavy atom. The van der Waals surface area contributed by atoms with Crippen molar-refractivity contribution in [3.8, 4) is 11.3 Å². The summed E-state index contributed by atoms with van der Waals surface area (Å²) >= 11 is 3.64. The number of fused-ring (bicyclic) bond motifs is 3. The lowest BCUT2D eigenvalue weighted by atomic mass is 10.1. The van der Waals surface area contributed by atoms with Crippen LogP contribution in [0.25, 0.3) is 11.3 Å². The number of nitrogens with zero attached hydrogens (tertiary/aromatic N) is 4. The molecule has 3 aromatic rings. The maximum Gasteiger partial charge on any atom is 0.117 e. The van der Waals surface area contributed by atoms with Crippen LogP contribution in [-0.2, 0) is 13.1 Å². The summed E-state index contributed by atoms with van der Waals surface area (Å²) in [7, 11) is 0. The van der Waals surface area contributed by atoms with Crippen molar-refractivity contribution in [1.82, 2.24) is 25.2 Å². The van der Waals surface area contributed by atoms with E-state index in [4.69, 9.17) is 4.66 Å². The van der Waals surface area contributed by atoms with E-state index in [1.165, 1.54) is 11.3 Å². The molecule has 27 heavy (non-hydrogen) atoms. The Balaban J connectivity index is 0.000000872. The van der Waals surface area contributed by atoms with Crippen molar-refractivity contribution in [2.24, 2.45) is 0 Å². The molecule has 0 aliphatic carbocycles. The van der Waals surface area contributed by atoms with Gasteiger partial charge in [-0.1, -0.05) is 65.9 Å². The fourth-order valence-electron chi connectivity index (χ4n) is 4.08. The van der Waals surface area contributed by atoms with Crippen LogP contribution in [-0.4, -0.2) is 43.7 Å². The summed E-state index contributed by atoms with van der Waals surface area (Å²) in [5.41, 5.74) is 4.72. The molecule has 7 heteroatoms. The molecule has 140 valence electrons. The van der Waals surface area contributed by atoms with Crippen LogP contribution in [0.2, 0.25) is 0 Å². The molecule has 0 saturated carbocycles. The lowest BCUT2D eigenvalue weighted by Crippen LogP contribution is -2.42. The SMILES string of the molecule is OCl.c1ccc(CN2C[C@@H]3NCc4c(-c5ccccc5)nnn4[C@H]3C2)cc1. The van der Waals surface area contributed by atoms with Crippen LogP contribution in [0.15, 0.2) is 60.7 Å². The molecule has 0 radical (unpaired) electrons. The number of benzene rings is 2. The molecule has 1 aromatic heterocycles. The van der Waals surface area contributed by atoms with Gasteiger partial charge in [-0.25, -0.2) is 4.68 Å². The highest BCUT2D eigenvalue weighted by molar-refractivity contribution is 6.04. The zero-order valence-corrected chi connectivity index (χ0v) is 15.6. The quantitative estimate of drug-likeness (QED) is 0.727. The van der Waals surface area contributed by atoms with E-state index >= 15 is 0 Å². The summed E-state index contributed by atoms with van der Waals surface area (Å²) in [6, 6.07) is 21.8. The van der Waals surface area contributed by atoms with E-state index in [2.05, 4.69) is 91.7 Å². The number of rotatable bonds is 3. The van der Waals surface area contributed by atoms with Gasteiger partial charge in [0.2, 0.25) is 0 Å². The summed E-state index contributed by atoms with van der Waals surface area (Å²) in [4.78, 5) is 2.51. The Hall–Kier alpha value is -2.25. The Morgan fingerprint density at radius 1 is 1.00 bits per heavy atom. The van der Waals surface area contributed by atoms with Gasteiger partial charge < -0.3 is 5.32 Å². The molecule has 1 saturated heterocycles. The Labute approximate surface area is 163 Å². The van der Waals surface area contributed by atoms with Crippen molar-refractivity contribution in [2.45, 2.75) is 25.2 Å². The fraction of sp³-hybridized carbons (Fsp3) is 0.300. The first-order valence-corrected chi connectivity index (χ1v) is 9.38. The Kier molecular flexibility index (Phi) is 5.50. The third kappa shape index (κ3) is 3.61. The minimum absolute atomic E-state index is 0.359. The molecular formula is C20H22ClN5O. The molecular weight excluding hydrogens is 362 g/mol. The average Bonchev–Trinajstić information content (AvgIpc) is 3.34. The normalized spacial score (nSPS) is 21.1. The van der Waals surface area contributed by atoms with Crippen LogP contribution in [0.1, 0.15) is 17.3 Å². The number of nitrogens with one attached hydrogen (secondary N) is 1. The van der Waals surface area contributed by atoms with E-state index in [1.54, 1.807) is 0 Å². The van der Waals surface area contributed by atoms with E-state index < -0.39 is 0 Å². The smallest absolute Gasteiger partial charge is 0.117 e. The van der Waals surface area contributed by atoms with Gasteiger partial charge in [-0.2, -0.15) is 0 Å². The van der Waals surface area contributed by atoms with E-state index in [1.807, 2.05) is 6.07 Å². The largest absolute Gasteiger partial charge is 0.305 e. The first-order chi connectivity index (χ1) is 13.4. The maximum absolute atomic E-state index is 6.47. The van der Waals surface area contributed by atoms with E-state index in [9.17, 15) is 0 Å². The zero-order valence-electron chi connectivity index (χ0n) is 14.9. The number of hydrogen-bond donors (Lipinski definition) is 2. The highest BCUT2D eigenvalue weighted by Crippen LogP contribution is 2.31. The molecule has 0 unspecified atom stereocenters. The lowest BCUT2D eigenvalue weighted by molar-refractivity contribution is 0.307. The molecule has 0 spiro atoms. The van der Waals surface area contributed by atoms with Gasteiger partial charge in [-0.05, 0) is 5.56 Å². The van der Waals surface area contributed by atoms with Gasteiger partial charge in [0.25, 0.3) is 0 Å². The van der Waals surface area contributed by atoms with Crippen LogP contribution in [0, 0.1) is 0 Å². The summed E-state index contributed by atoms with van der Waals surface area (Å²) < 4.78 is 8.63. The van der Waals surface area contributed by atoms with Gasteiger partial charge in [0.1, 0.15) is 5.69 Å². The molecule has 2 N–H and O–H groups in total. The van der Waals surface area contributed by atoms with Crippen LogP contribution in [0.5, 0.6) is 0 Å². The standard InChI is InChI=1S/C20H21N5.ClHO/c1-3-7-15(8-4-1)12-24-13-17-19(14-24)25-18(11-21-17)20(22-23-25)16-9-5-2-6-10-16;1-2/h1-10,17,19,21H,11-14H2;2H/t17-,19-;/m0./s1. The van der Waals surface area contributed by atoms with Gasteiger partial charge in [-0.15, -0.1) is 5.10 Å². The maximum atomic E-state index is 6.47. The van der Waals surface area contributed by atoms with Crippen molar-refractivity contribution in [2.75, 3.05) is 13.1 Å². The van der Waals surface area contributed by atoms with Crippen molar-refractivity contribution in [1.29, 1.82) is 0 Å². The topological polar surface area (TPSA) is 66.2 Å². The Morgan fingerprint density at radius 2 is 1.70 bits per heavy atom. The van der Waals surface area contributed by atoms with Crippen LogP contribution >= 0.6 is 11.9 Å². The number of halogens is 1. The van der Waals surface area contributed by atoms with Gasteiger partial charge in [0.05, 0.1) is 23.6 Å². The first-order valence-electron chi connectivity index (χ1n) is 9.04. The first kappa shape index (κ1) is 18.1. The molecule has 2 aromatic carbocycles. The van der Waals surface area contributed by atoms with Crippen LogP contribution in [0.3, 0.4) is 0 Å². The minimum atomic E-state index is 0.359. The molecule has 6 nitrogen and oxygen atoms in total. The highest BCUT2D eigenvalue weighted by Gasteiger charge is 2.39. The Bertz CT molecular complexity index is 871. The number of likely N-dealkylation sites (tertiary alicyclic amines) is 1. The zero-order chi connectivity index (χ0) is 18.6. The predicted molar refractivity (Wildman–Crippen MR) is 105 cm³/mol. The van der Waals surface area contributed by atoms with Gasteiger partial charge >= 0.3 is 0 Å². The molecule has 5 rings (SSSR count). The second-order valence-electron chi connectivity index (χ2n) is 6.93. The van der Waals surface area contributed by atoms with Crippen LogP contribution < -0.4 is 5.32 Å². The third-order valence-electron chi connectivity index (χ3n) is 5.30. The van der Waals surface area contributed by atoms with E-state index in [0.717, 1.165) is 37.4 Å². The average molecular weight is 384 g/mol. The number of hydrogen-bond acceptors (Lipinski definition) is 5. The summed E-state index contributed by atoms with van der Waals surface area (Å²) in [6.07, 6.45) is 0.